The number of hydrogen-bond acceptors (Lipinski definition) is 8. The third-order valence-electron chi connectivity index (χ3n) is 17.4. The SMILES string of the molecule is CC(C)CC1CCC(CN)CC1.CC(C)CCCN(C)CCCN.CC(C)CCCn1cccc1.CC(C)CCc1cnc[nH]1.CC(C)Cc1ccc(CN)cc1.CCCCC(CC)(CCN)CC(C)C.CCCCN1CCN(CCCC(C)C)CC1. The van der Waals surface area contributed by atoms with Gasteiger partial charge >= 0.3 is 0 Å². The summed E-state index contributed by atoms with van der Waals surface area (Å²) in [4.78, 5) is 14.7. The summed E-state index contributed by atoms with van der Waals surface area (Å²) in [7, 11) is 2.18. The minimum atomic E-state index is 0.541. The molecule has 2 aromatic heterocycles. The molecule has 1 saturated heterocycles. The lowest BCUT2D eigenvalue weighted by atomic mass is 9.72. The van der Waals surface area contributed by atoms with E-state index < -0.39 is 0 Å². The number of nitrogens with two attached hydrogens (primary N) is 4. The second-order valence-corrected chi connectivity index (χ2v) is 29.5. The van der Waals surface area contributed by atoms with Gasteiger partial charge in [-0.25, -0.2) is 4.98 Å². The molecular formula is C77H154N10. The standard InChI is InChI=1S/C14H30N2.C13H29N.C11H23N.C11H17N.C10H24N2.C10H17N.C8H14N2/c1-4-5-8-15-10-12-16(13-11-15)9-6-7-14(2)3;1-5-7-8-13(6-2,9-10-14)11-12(3)4;2*1-9(2)7-10-3-5-11(8-12)6-4-10;1-10(2)6-4-8-12(3)9-5-7-11;1-10(2)6-5-9-11-7-3-4-8-11;1-7(2)3-4-8-5-9-6-10-8/h14H,4-13H2,1-3H3;12H,5-11,14H2,1-4H3;9-11H,3-8,12H2,1-2H3;3-6,9H,7-8,12H2,1-2H3;10H,4-9,11H2,1-3H3;3-4,7-8,10H,5-6,9H2,1-2H3;5-7H,3-4H2,1-2H3,(H,9,10). The number of aromatic nitrogens is 3. The maximum Gasteiger partial charge on any atom is 0.0921 e. The van der Waals surface area contributed by atoms with Crippen molar-refractivity contribution < 1.29 is 0 Å². The third kappa shape index (κ3) is 53.8. The molecule has 9 N–H and O–H groups in total. The number of hydrogen-bond donors (Lipinski definition) is 5. The van der Waals surface area contributed by atoms with Gasteiger partial charge in [-0.1, -0.05) is 180 Å². The van der Waals surface area contributed by atoms with Crippen LogP contribution in [0, 0.1) is 58.7 Å². The van der Waals surface area contributed by atoms with E-state index in [0.29, 0.717) is 12.0 Å². The predicted molar refractivity (Wildman–Crippen MR) is 390 cm³/mol. The van der Waals surface area contributed by atoms with Crippen molar-refractivity contribution in [3.8, 4) is 0 Å². The molecule has 1 saturated carbocycles. The van der Waals surface area contributed by atoms with Crippen molar-refractivity contribution in [1.29, 1.82) is 0 Å². The summed E-state index contributed by atoms with van der Waals surface area (Å²) in [6.45, 7) is 53.4. The molecule has 3 aromatic rings. The fraction of sp³-hybridized carbons (Fsp3) is 0.831. The van der Waals surface area contributed by atoms with E-state index in [9.17, 15) is 0 Å². The van der Waals surface area contributed by atoms with Gasteiger partial charge in [0.05, 0.1) is 6.33 Å². The van der Waals surface area contributed by atoms with Gasteiger partial charge in [-0.3, -0.25) is 0 Å². The lowest BCUT2D eigenvalue weighted by Gasteiger charge is -2.34. The Bertz CT molecular complexity index is 1790. The second-order valence-electron chi connectivity index (χ2n) is 29.5. The molecule has 0 bridgehead atoms. The number of aromatic amines is 1. The van der Waals surface area contributed by atoms with Crippen molar-refractivity contribution in [2.45, 2.75) is 278 Å². The van der Waals surface area contributed by atoms with E-state index >= 15 is 0 Å². The second kappa shape index (κ2) is 57.3. The molecule has 0 amide bonds. The monoisotopic (exact) mass is 1220 g/mol. The van der Waals surface area contributed by atoms with Gasteiger partial charge in [0.25, 0.3) is 0 Å². The van der Waals surface area contributed by atoms with Crippen LogP contribution in [0.25, 0.3) is 0 Å². The summed E-state index contributed by atoms with van der Waals surface area (Å²) in [6, 6.07) is 12.7. The molecule has 10 heteroatoms. The number of H-pyrrole nitrogens is 1. The Morgan fingerprint density at radius 3 is 1.49 bits per heavy atom. The quantitative estimate of drug-likeness (QED) is 0.0391. The molecule has 512 valence electrons. The van der Waals surface area contributed by atoms with Crippen LogP contribution in [0.4, 0.5) is 0 Å². The zero-order valence-corrected chi connectivity index (χ0v) is 61.5. The summed E-state index contributed by atoms with van der Waals surface area (Å²) < 4.78 is 2.24. The smallest absolute Gasteiger partial charge is 0.0921 e. The lowest BCUT2D eigenvalue weighted by molar-refractivity contribution is 0.129. The van der Waals surface area contributed by atoms with E-state index in [1.807, 2.05) is 6.20 Å². The Morgan fingerprint density at radius 1 is 0.552 bits per heavy atom. The Morgan fingerprint density at radius 2 is 1.06 bits per heavy atom. The van der Waals surface area contributed by atoms with E-state index in [2.05, 4.69) is 203 Å². The number of rotatable bonds is 35. The zero-order chi connectivity index (χ0) is 65.7. The molecule has 5 rings (SSSR count). The molecule has 87 heavy (non-hydrogen) atoms. The normalized spacial score (nSPS) is 16.1. The minimum absolute atomic E-state index is 0.541. The third-order valence-corrected chi connectivity index (χ3v) is 17.4. The van der Waals surface area contributed by atoms with Gasteiger partial charge in [-0.05, 0) is 244 Å². The maximum atomic E-state index is 5.74. The van der Waals surface area contributed by atoms with Gasteiger partial charge in [0.1, 0.15) is 0 Å². The molecule has 0 radical (unpaired) electrons. The van der Waals surface area contributed by atoms with Crippen molar-refractivity contribution >= 4 is 0 Å². The van der Waals surface area contributed by atoms with Crippen LogP contribution >= 0.6 is 0 Å². The van der Waals surface area contributed by atoms with Crippen LogP contribution in [0.3, 0.4) is 0 Å². The van der Waals surface area contributed by atoms with E-state index in [1.54, 1.807) is 6.33 Å². The van der Waals surface area contributed by atoms with Gasteiger partial charge in [0.15, 0.2) is 0 Å². The highest BCUT2D eigenvalue weighted by Gasteiger charge is 2.27. The molecule has 1 aliphatic heterocycles. The Balaban J connectivity index is 0. The zero-order valence-electron chi connectivity index (χ0n) is 61.5. The van der Waals surface area contributed by atoms with Crippen LogP contribution in [0.15, 0.2) is 61.3 Å². The number of piperazine rings is 1. The predicted octanol–water partition coefficient (Wildman–Crippen LogP) is 18.6. The van der Waals surface area contributed by atoms with Gasteiger partial charge < -0.3 is 47.2 Å². The highest BCUT2D eigenvalue weighted by atomic mass is 15.3. The summed E-state index contributed by atoms with van der Waals surface area (Å²) >= 11 is 0. The van der Waals surface area contributed by atoms with Crippen LogP contribution in [-0.4, -0.2) is 108 Å². The van der Waals surface area contributed by atoms with Crippen molar-refractivity contribution in [3.63, 3.8) is 0 Å². The molecular weight excluding hydrogens is 1060 g/mol. The van der Waals surface area contributed by atoms with Crippen molar-refractivity contribution in [1.82, 2.24) is 29.2 Å². The minimum Gasteiger partial charge on any atom is -0.354 e. The topological polar surface area (TPSA) is 147 Å². The number of aryl methyl sites for hydroxylation is 2. The molecule has 3 heterocycles. The van der Waals surface area contributed by atoms with Crippen LogP contribution in [-0.2, 0) is 25.9 Å². The van der Waals surface area contributed by atoms with Crippen molar-refractivity contribution in [3.05, 3.63) is 78.1 Å². The summed E-state index contributed by atoms with van der Waals surface area (Å²) in [5, 5.41) is 0. The van der Waals surface area contributed by atoms with E-state index in [0.717, 1.165) is 98.7 Å². The Labute approximate surface area is 543 Å². The molecule has 1 unspecified atom stereocenters. The van der Waals surface area contributed by atoms with Crippen LogP contribution in [0.5, 0.6) is 0 Å². The molecule has 1 aromatic carbocycles. The van der Waals surface area contributed by atoms with Crippen LogP contribution in [0.1, 0.15) is 269 Å². The van der Waals surface area contributed by atoms with E-state index in [-0.39, 0.29) is 0 Å². The van der Waals surface area contributed by atoms with Gasteiger partial charge in [-0.2, -0.15) is 0 Å². The highest BCUT2D eigenvalue weighted by Crippen LogP contribution is 2.39. The van der Waals surface area contributed by atoms with Crippen molar-refractivity contribution in [2.24, 2.45) is 81.6 Å². The molecule has 10 nitrogen and oxygen atoms in total. The molecule has 1 aliphatic carbocycles. The maximum absolute atomic E-state index is 5.74. The Kier molecular flexibility index (Phi) is 57.0. The number of benzene rings is 1. The molecule has 2 aliphatic rings. The van der Waals surface area contributed by atoms with E-state index in [4.69, 9.17) is 22.9 Å². The number of nitrogens with one attached hydrogen (secondary N) is 1. The summed E-state index contributed by atoms with van der Waals surface area (Å²) in [5.41, 5.74) is 26.7. The molecule has 0 spiro atoms. The first-order valence-electron chi connectivity index (χ1n) is 36.6. The molecule has 2 fully saturated rings. The number of imidazole rings is 1. The van der Waals surface area contributed by atoms with Gasteiger partial charge in [0.2, 0.25) is 0 Å². The van der Waals surface area contributed by atoms with Crippen LogP contribution < -0.4 is 22.9 Å². The summed E-state index contributed by atoms with van der Waals surface area (Å²) in [6.07, 6.45) is 38.2. The number of nitrogens with zero attached hydrogens (tertiary/aromatic N) is 5. The first-order valence-corrected chi connectivity index (χ1v) is 36.6. The lowest BCUT2D eigenvalue weighted by Crippen LogP contribution is -2.46. The van der Waals surface area contributed by atoms with E-state index in [1.165, 1.54) is 198 Å². The largest absolute Gasteiger partial charge is 0.354 e. The fourth-order valence-electron chi connectivity index (χ4n) is 11.9. The average Bonchev–Trinajstić information content (AvgIpc) is 4.44. The fourth-order valence-corrected chi connectivity index (χ4v) is 11.9. The van der Waals surface area contributed by atoms with Crippen LogP contribution in [0.2, 0.25) is 0 Å². The average molecular weight is 1220 g/mol. The first kappa shape index (κ1) is 86.5. The first-order chi connectivity index (χ1) is 41.5. The van der Waals surface area contributed by atoms with Gasteiger partial charge in [-0.15, -0.1) is 0 Å². The molecule has 1 atom stereocenters. The summed E-state index contributed by atoms with van der Waals surface area (Å²) in [5.74, 6) is 7.59. The number of unbranched alkanes of at least 4 members (excludes halogenated alkanes) is 2. The Hall–Kier alpha value is -2.57. The van der Waals surface area contributed by atoms with Crippen molar-refractivity contribution in [2.75, 3.05) is 79.0 Å². The highest BCUT2D eigenvalue weighted by molar-refractivity contribution is 5.22. The van der Waals surface area contributed by atoms with Gasteiger partial charge in [0, 0.05) is 63.6 Å².